The molecule has 0 saturated heterocycles. The van der Waals surface area contributed by atoms with Crippen LogP contribution in [0.3, 0.4) is 0 Å². The molecule has 4 nitrogen and oxygen atoms in total. The first-order valence-electron chi connectivity index (χ1n) is 7.59. The zero-order valence-electron chi connectivity index (χ0n) is 13.6. The number of hydrogen-bond acceptors (Lipinski definition) is 3. The van der Waals surface area contributed by atoms with Crippen LogP contribution in [-0.2, 0) is 14.8 Å². The molecule has 3 atom stereocenters. The van der Waals surface area contributed by atoms with Gasteiger partial charge >= 0.3 is 0 Å². The topological polar surface area (TPSA) is 69.4 Å². The molecule has 0 bridgehead atoms. The van der Waals surface area contributed by atoms with Gasteiger partial charge in [0.05, 0.1) is 18.5 Å². The molecule has 0 amide bonds. The van der Waals surface area contributed by atoms with E-state index in [1.165, 1.54) is 6.42 Å². The first kappa shape index (κ1) is 17.9. The summed E-state index contributed by atoms with van der Waals surface area (Å²) in [5, 5.41) is 5.20. The molecule has 1 fully saturated rings. The van der Waals surface area contributed by atoms with Gasteiger partial charge in [0, 0.05) is 5.92 Å². The van der Waals surface area contributed by atoms with Crippen LogP contribution in [0.15, 0.2) is 0 Å². The first-order valence-corrected chi connectivity index (χ1v) is 9.31. The lowest BCUT2D eigenvalue weighted by Crippen LogP contribution is -2.37. The number of nitrogens with two attached hydrogens (primary N) is 1. The van der Waals surface area contributed by atoms with E-state index in [1.807, 2.05) is 20.8 Å². The van der Waals surface area contributed by atoms with E-state index in [0.717, 1.165) is 12.8 Å². The van der Waals surface area contributed by atoms with Crippen molar-refractivity contribution in [3.05, 3.63) is 0 Å². The summed E-state index contributed by atoms with van der Waals surface area (Å²) in [6.45, 7) is 11.1. The molecule has 0 aromatic rings. The van der Waals surface area contributed by atoms with Gasteiger partial charge in [-0.25, -0.2) is 13.6 Å². The highest BCUT2D eigenvalue weighted by atomic mass is 32.2. The zero-order valence-corrected chi connectivity index (χ0v) is 14.4. The number of sulfonamides is 1. The number of ether oxygens (including phenoxy) is 1. The van der Waals surface area contributed by atoms with E-state index in [-0.39, 0.29) is 23.2 Å². The highest BCUT2D eigenvalue weighted by molar-refractivity contribution is 7.89. The van der Waals surface area contributed by atoms with E-state index in [2.05, 4.69) is 13.8 Å². The van der Waals surface area contributed by atoms with E-state index >= 15 is 0 Å². The molecule has 0 spiro atoms. The molecule has 20 heavy (non-hydrogen) atoms. The van der Waals surface area contributed by atoms with Crippen LogP contribution < -0.4 is 5.14 Å². The first-order chi connectivity index (χ1) is 8.97. The second-order valence-electron chi connectivity index (χ2n) is 7.77. The fourth-order valence-corrected chi connectivity index (χ4v) is 4.25. The van der Waals surface area contributed by atoms with Crippen molar-refractivity contribution in [3.8, 4) is 0 Å². The maximum Gasteiger partial charge on any atom is 0.209 e. The third-order valence-electron chi connectivity index (χ3n) is 4.33. The van der Waals surface area contributed by atoms with Crippen LogP contribution in [0, 0.1) is 23.2 Å². The van der Waals surface area contributed by atoms with Crippen molar-refractivity contribution >= 4 is 10.0 Å². The highest BCUT2D eigenvalue weighted by Crippen LogP contribution is 2.32. The lowest BCUT2D eigenvalue weighted by atomic mass is 9.81. The molecule has 0 aliphatic heterocycles. The van der Waals surface area contributed by atoms with Gasteiger partial charge in [0.2, 0.25) is 10.0 Å². The summed E-state index contributed by atoms with van der Waals surface area (Å²) in [4.78, 5) is 0. The maximum absolute atomic E-state index is 11.4. The molecule has 5 heteroatoms. The second-order valence-corrected chi connectivity index (χ2v) is 9.42. The minimum Gasteiger partial charge on any atom is -0.378 e. The van der Waals surface area contributed by atoms with Gasteiger partial charge in [0.15, 0.2) is 0 Å². The highest BCUT2D eigenvalue weighted by Gasteiger charge is 2.31. The quantitative estimate of drug-likeness (QED) is 0.849. The Morgan fingerprint density at radius 3 is 2.05 bits per heavy atom. The molecule has 1 saturated carbocycles. The van der Waals surface area contributed by atoms with Crippen LogP contribution in [0.5, 0.6) is 0 Å². The Bertz CT molecular complexity index is 390. The van der Waals surface area contributed by atoms with E-state index in [1.54, 1.807) is 0 Å². The molecule has 1 rings (SSSR count). The fraction of sp³-hybridized carbons (Fsp3) is 1.00. The molecular weight excluding hydrogens is 274 g/mol. The molecule has 2 N–H and O–H groups in total. The van der Waals surface area contributed by atoms with Gasteiger partial charge in [-0.05, 0) is 36.5 Å². The number of hydrogen-bond donors (Lipinski definition) is 1. The maximum atomic E-state index is 11.4. The van der Waals surface area contributed by atoms with Crippen LogP contribution in [0.1, 0.15) is 53.9 Å². The molecular formula is C15H31NO3S. The molecule has 120 valence electrons. The molecule has 1 aliphatic rings. The van der Waals surface area contributed by atoms with Gasteiger partial charge < -0.3 is 4.74 Å². The molecule has 3 unspecified atom stereocenters. The van der Waals surface area contributed by atoms with E-state index in [9.17, 15) is 8.42 Å². The minimum absolute atomic E-state index is 0.00563. The van der Waals surface area contributed by atoms with Crippen molar-refractivity contribution in [2.75, 3.05) is 12.4 Å². The summed E-state index contributed by atoms with van der Waals surface area (Å²) >= 11 is 0. The van der Waals surface area contributed by atoms with Crippen LogP contribution >= 0.6 is 0 Å². The lowest BCUT2D eigenvalue weighted by Gasteiger charge is -2.35. The predicted octanol–water partition coefficient (Wildman–Crippen LogP) is 2.78. The van der Waals surface area contributed by atoms with E-state index in [4.69, 9.17) is 9.88 Å². The van der Waals surface area contributed by atoms with E-state index in [0.29, 0.717) is 18.4 Å². The van der Waals surface area contributed by atoms with Crippen LogP contribution in [0.4, 0.5) is 0 Å². The summed E-state index contributed by atoms with van der Waals surface area (Å²) in [6, 6.07) is 0. The van der Waals surface area contributed by atoms with Crippen molar-refractivity contribution in [2.45, 2.75) is 60.0 Å². The Morgan fingerprint density at radius 1 is 1.15 bits per heavy atom. The van der Waals surface area contributed by atoms with Crippen molar-refractivity contribution in [2.24, 2.45) is 28.3 Å². The third-order valence-corrected chi connectivity index (χ3v) is 5.19. The number of primary sulfonamides is 1. The van der Waals surface area contributed by atoms with Crippen LogP contribution in [-0.4, -0.2) is 26.9 Å². The van der Waals surface area contributed by atoms with Gasteiger partial charge in [-0.15, -0.1) is 0 Å². The lowest BCUT2D eigenvalue weighted by molar-refractivity contribution is -0.0287. The van der Waals surface area contributed by atoms with Gasteiger partial charge in [-0.2, -0.15) is 0 Å². The Hall–Kier alpha value is -0.130. The molecule has 1 aliphatic carbocycles. The Kier molecular flexibility index (Phi) is 6.05. The molecule has 0 radical (unpaired) electrons. The van der Waals surface area contributed by atoms with Gasteiger partial charge in [0.25, 0.3) is 0 Å². The monoisotopic (exact) mass is 305 g/mol. The van der Waals surface area contributed by atoms with Crippen molar-refractivity contribution in [1.29, 1.82) is 0 Å². The van der Waals surface area contributed by atoms with E-state index < -0.39 is 10.0 Å². The average molecular weight is 305 g/mol. The average Bonchev–Trinajstić information content (AvgIpc) is 2.19. The minimum atomic E-state index is -3.46. The van der Waals surface area contributed by atoms with Crippen LogP contribution in [0.25, 0.3) is 0 Å². The second kappa shape index (κ2) is 6.75. The van der Waals surface area contributed by atoms with Gasteiger partial charge in [0.1, 0.15) is 0 Å². The molecule has 0 aromatic carbocycles. The smallest absolute Gasteiger partial charge is 0.209 e. The summed E-state index contributed by atoms with van der Waals surface area (Å²) in [5.74, 6) is 1.31. The Labute approximate surface area is 124 Å². The summed E-state index contributed by atoms with van der Waals surface area (Å²) in [6.07, 6.45) is 3.69. The van der Waals surface area contributed by atoms with Crippen LogP contribution in [0.2, 0.25) is 0 Å². The largest absolute Gasteiger partial charge is 0.378 e. The fourth-order valence-electron chi connectivity index (χ4n) is 3.09. The summed E-state index contributed by atoms with van der Waals surface area (Å²) < 4.78 is 28.8. The summed E-state index contributed by atoms with van der Waals surface area (Å²) in [7, 11) is -3.46. The molecule has 0 aromatic heterocycles. The van der Waals surface area contributed by atoms with Crippen molar-refractivity contribution < 1.29 is 13.2 Å². The Morgan fingerprint density at radius 2 is 1.65 bits per heavy atom. The predicted molar refractivity (Wildman–Crippen MR) is 82.8 cm³/mol. The zero-order chi connectivity index (χ0) is 15.6. The third kappa shape index (κ3) is 6.55. The van der Waals surface area contributed by atoms with Gasteiger partial charge in [-0.3, -0.25) is 0 Å². The normalized spacial score (nSPS) is 30.2. The molecule has 0 heterocycles. The Balaban J connectivity index is 2.58. The van der Waals surface area contributed by atoms with Crippen molar-refractivity contribution in [3.63, 3.8) is 0 Å². The number of rotatable bonds is 5. The summed E-state index contributed by atoms with van der Waals surface area (Å²) in [5.41, 5.74) is -0.127. The van der Waals surface area contributed by atoms with Crippen molar-refractivity contribution in [1.82, 2.24) is 0 Å². The standard InChI is InChI=1S/C15H31NO3S/c1-11-6-12(2)8-14(7-11)19-9-13(15(3,4)5)10-20(16,17)18/h11-14H,6-10H2,1-5H3,(H2,16,17,18). The SMILES string of the molecule is CC1CC(C)CC(OCC(CS(N)(=O)=O)C(C)(C)C)C1. The van der Waals surface area contributed by atoms with Gasteiger partial charge in [-0.1, -0.05) is 34.6 Å².